The molecule has 0 radical (unpaired) electrons. The van der Waals surface area contributed by atoms with Gasteiger partial charge in [0, 0.05) is 35.1 Å². The fourth-order valence-corrected chi connectivity index (χ4v) is 7.01. The van der Waals surface area contributed by atoms with E-state index in [2.05, 4.69) is 5.32 Å². The molecule has 11 heteroatoms. The molecule has 0 aliphatic carbocycles. The molecule has 0 aliphatic rings. The second kappa shape index (κ2) is 16.2. The quantitative estimate of drug-likeness (QED) is 0.155. The van der Waals surface area contributed by atoms with Crippen LogP contribution in [-0.2, 0) is 32.6 Å². The van der Waals surface area contributed by atoms with E-state index in [4.69, 9.17) is 27.9 Å². The highest BCUT2D eigenvalue weighted by Crippen LogP contribution is 2.34. The number of carbonyl (C=O) groups excluding carboxylic acids is 2. The maximum Gasteiger partial charge on any atom is 0.264 e. The maximum atomic E-state index is 14.7. The van der Waals surface area contributed by atoms with Crippen molar-refractivity contribution in [2.24, 2.45) is 5.92 Å². The molecule has 4 rings (SSSR count). The van der Waals surface area contributed by atoms with Gasteiger partial charge in [0.05, 0.1) is 17.7 Å². The molecule has 0 saturated carbocycles. The summed E-state index contributed by atoms with van der Waals surface area (Å²) in [5.74, 6) is -0.604. The number of aryl methyl sites for hydroxylation is 1. The van der Waals surface area contributed by atoms with Crippen molar-refractivity contribution in [3.05, 3.63) is 124 Å². The lowest BCUT2D eigenvalue weighted by molar-refractivity contribution is -0.140. The molecule has 4 aromatic rings. The number of methoxy groups -OCH3 is 1. The van der Waals surface area contributed by atoms with Gasteiger partial charge in [0.1, 0.15) is 18.3 Å². The number of rotatable bonds is 14. The van der Waals surface area contributed by atoms with Crippen LogP contribution in [0.4, 0.5) is 5.69 Å². The first-order chi connectivity index (χ1) is 22.4. The number of ether oxygens (including phenoxy) is 1. The number of amides is 2. The smallest absolute Gasteiger partial charge is 0.264 e. The number of nitrogens with zero attached hydrogens (tertiary/aromatic N) is 2. The summed E-state index contributed by atoms with van der Waals surface area (Å²) in [5.41, 5.74) is 2.19. The predicted molar refractivity (Wildman–Crippen MR) is 187 cm³/mol. The number of anilines is 1. The normalized spacial score (nSPS) is 12.0. The van der Waals surface area contributed by atoms with Crippen molar-refractivity contribution in [3.63, 3.8) is 0 Å². The molecule has 1 atom stereocenters. The molecule has 2 amide bonds. The van der Waals surface area contributed by atoms with Crippen LogP contribution in [0.3, 0.4) is 0 Å². The minimum atomic E-state index is -4.29. The number of hydrogen-bond donors (Lipinski definition) is 1. The van der Waals surface area contributed by atoms with E-state index in [1.165, 1.54) is 24.1 Å². The van der Waals surface area contributed by atoms with Crippen LogP contribution in [0.1, 0.15) is 30.5 Å². The molecule has 4 aromatic carbocycles. The lowest BCUT2D eigenvalue weighted by Gasteiger charge is -2.34. The molecule has 0 fully saturated rings. The number of nitrogens with one attached hydrogen (secondary N) is 1. The molecular formula is C36H39Cl2N3O5S. The van der Waals surface area contributed by atoms with Crippen LogP contribution < -0.4 is 14.4 Å². The van der Waals surface area contributed by atoms with Crippen molar-refractivity contribution in [3.8, 4) is 5.75 Å². The van der Waals surface area contributed by atoms with Crippen molar-refractivity contribution in [1.82, 2.24) is 10.2 Å². The Morgan fingerprint density at radius 2 is 1.49 bits per heavy atom. The Hall–Kier alpha value is -4.05. The zero-order valence-corrected chi connectivity index (χ0v) is 29.1. The summed E-state index contributed by atoms with van der Waals surface area (Å²) in [6.07, 6.45) is 0.164. The molecule has 0 heterocycles. The highest BCUT2D eigenvalue weighted by Gasteiger charge is 2.36. The number of benzene rings is 4. The van der Waals surface area contributed by atoms with Gasteiger partial charge in [0.15, 0.2) is 0 Å². The third-order valence-electron chi connectivity index (χ3n) is 7.56. The first-order valence-corrected chi connectivity index (χ1v) is 17.4. The lowest BCUT2D eigenvalue weighted by Crippen LogP contribution is -2.53. The fraction of sp³-hybridized carbons (Fsp3) is 0.278. The summed E-state index contributed by atoms with van der Waals surface area (Å²) in [6.45, 7) is 5.36. The van der Waals surface area contributed by atoms with Gasteiger partial charge >= 0.3 is 0 Å². The van der Waals surface area contributed by atoms with Crippen molar-refractivity contribution < 1.29 is 22.7 Å². The van der Waals surface area contributed by atoms with E-state index >= 15 is 0 Å². The molecule has 8 nitrogen and oxygen atoms in total. The summed E-state index contributed by atoms with van der Waals surface area (Å²) >= 11 is 13.2. The van der Waals surface area contributed by atoms with Gasteiger partial charge in [-0.2, -0.15) is 0 Å². The molecule has 1 unspecified atom stereocenters. The SMILES string of the molecule is COc1ccc(C)cc1N(CC(=O)N(Cc1c(Cl)cccc1Cl)C(Cc1ccccc1)C(=O)NCC(C)C)S(=O)(=O)c1ccccc1. The van der Waals surface area contributed by atoms with E-state index < -0.39 is 28.5 Å². The van der Waals surface area contributed by atoms with Gasteiger partial charge in [-0.3, -0.25) is 13.9 Å². The van der Waals surface area contributed by atoms with Crippen LogP contribution in [0.15, 0.2) is 102 Å². The maximum absolute atomic E-state index is 14.7. The third-order valence-corrected chi connectivity index (χ3v) is 10.0. The highest BCUT2D eigenvalue weighted by molar-refractivity contribution is 7.92. The van der Waals surface area contributed by atoms with Crippen LogP contribution in [-0.4, -0.2) is 51.4 Å². The molecule has 0 spiro atoms. The fourth-order valence-electron chi connectivity index (χ4n) is 5.06. The highest BCUT2D eigenvalue weighted by atomic mass is 35.5. The number of sulfonamides is 1. The molecule has 0 aromatic heterocycles. The molecule has 1 N–H and O–H groups in total. The topological polar surface area (TPSA) is 96.0 Å². The van der Waals surface area contributed by atoms with Gasteiger partial charge in [-0.25, -0.2) is 8.42 Å². The van der Waals surface area contributed by atoms with Crippen molar-refractivity contribution in [1.29, 1.82) is 0 Å². The van der Waals surface area contributed by atoms with Crippen molar-refractivity contribution in [2.75, 3.05) is 24.5 Å². The van der Waals surface area contributed by atoms with Gasteiger partial charge in [0.2, 0.25) is 11.8 Å². The average molecular weight is 697 g/mol. The second-order valence-corrected chi connectivity index (χ2v) is 14.2. The Kier molecular flexibility index (Phi) is 12.3. The Labute approximate surface area is 287 Å². The zero-order chi connectivity index (χ0) is 34.1. The van der Waals surface area contributed by atoms with E-state index in [1.54, 1.807) is 54.6 Å². The minimum Gasteiger partial charge on any atom is -0.495 e. The van der Waals surface area contributed by atoms with Gasteiger partial charge in [0.25, 0.3) is 10.0 Å². The Morgan fingerprint density at radius 3 is 2.09 bits per heavy atom. The van der Waals surface area contributed by atoms with Crippen LogP contribution in [0.25, 0.3) is 0 Å². The van der Waals surface area contributed by atoms with Crippen LogP contribution in [0.2, 0.25) is 10.0 Å². The lowest BCUT2D eigenvalue weighted by atomic mass is 10.0. The molecular weight excluding hydrogens is 657 g/mol. The van der Waals surface area contributed by atoms with Gasteiger partial charge in [-0.05, 0) is 60.4 Å². The largest absolute Gasteiger partial charge is 0.495 e. The zero-order valence-electron chi connectivity index (χ0n) is 26.8. The Balaban J connectivity index is 1.87. The van der Waals surface area contributed by atoms with Gasteiger partial charge < -0.3 is 15.0 Å². The Morgan fingerprint density at radius 1 is 0.872 bits per heavy atom. The van der Waals surface area contributed by atoms with E-state index in [-0.39, 0.29) is 41.1 Å². The van der Waals surface area contributed by atoms with E-state index in [0.717, 1.165) is 15.4 Å². The summed E-state index contributed by atoms with van der Waals surface area (Å²) in [4.78, 5) is 30.0. The molecule has 0 saturated heterocycles. The number of hydrogen-bond acceptors (Lipinski definition) is 5. The van der Waals surface area contributed by atoms with Crippen LogP contribution in [0.5, 0.6) is 5.75 Å². The predicted octanol–water partition coefficient (Wildman–Crippen LogP) is 6.92. The van der Waals surface area contributed by atoms with Crippen molar-refractivity contribution in [2.45, 2.75) is 44.7 Å². The minimum absolute atomic E-state index is 0.00688. The summed E-state index contributed by atoms with van der Waals surface area (Å²) in [7, 11) is -2.86. The first-order valence-electron chi connectivity index (χ1n) is 15.2. The molecule has 0 bridgehead atoms. The second-order valence-electron chi connectivity index (χ2n) is 11.6. The standard InChI is InChI=1S/C36H39Cl2N3O5S/c1-25(2)22-39-36(43)33(21-27-12-7-5-8-13-27)40(23-29-30(37)16-11-17-31(29)38)35(42)24-41(32-20-26(3)18-19-34(32)46-4)47(44,45)28-14-9-6-10-15-28/h5-20,25,33H,21-24H2,1-4H3,(H,39,43). The van der Waals surface area contributed by atoms with Crippen LogP contribution >= 0.6 is 23.2 Å². The number of halogens is 2. The first kappa shape index (κ1) is 35.8. The summed E-state index contributed by atoms with van der Waals surface area (Å²) in [6, 6.07) is 26.2. The summed E-state index contributed by atoms with van der Waals surface area (Å²) < 4.78 is 35.2. The molecule has 0 aliphatic heterocycles. The third kappa shape index (κ3) is 9.06. The van der Waals surface area contributed by atoms with E-state index in [0.29, 0.717) is 22.2 Å². The van der Waals surface area contributed by atoms with E-state index in [1.807, 2.05) is 51.1 Å². The number of carbonyl (C=O) groups is 2. The molecule has 47 heavy (non-hydrogen) atoms. The van der Waals surface area contributed by atoms with Crippen LogP contribution in [0, 0.1) is 12.8 Å². The van der Waals surface area contributed by atoms with Crippen molar-refractivity contribution >= 4 is 50.7 Å². The Bertz CT molecular complexity index is 1770. The average Bonchev–Trinajstić information content (AvgIpc) is 3.06. The van der Waals surface area contributed by atoms with Gasteiger partial charge in [-0.15, -0.1) is 0 Å². The monoisotopic (exact) mass is 695 g/mol. The van der Waals surface area contributed by atoms with Gasteiger partial charge in [-0.1, -0.05) is 97.7 Å². The summed E-state index contributed by atoms with van der Waals surface area (Å²) in [5, 5.41) is 3.59. The van der Waals surface area contributed by atoms with E-state index in [9.17, 15) is 18.0 Å². The molecule has 248 valence electrons.